The number of hydrogen-bond donors (Lipinski definition) is 0. The molecule has 2 heterocycles. The van der Waals surface area contributed by atoms with Crippen LogP contribution >= 0.6 is 0 Å². The van der Waals surface area contributed by atoms with E-state index in [-0.39, 0.29) is 23.3 Å². The van der Waals surface area contributed by atoms with Crippen LogP contribution in [-0.4, -0.2) is 44.0 Å². The van der Waals surface area contributed by atoms with E-state index in [2.05, 4.69) is 0 Å². The molecule has 2 fully saturated rings. The van der Waals surface area contributed by atoms with Gasteiger partial charge in [-0.3, -0.25) is 9.63 Å². The minimum atomic E-state index is -2.97. The normalized spacial score (nSPS) is 30.9. The SMILES string of the molecule is O=C(C1CCS(=O)(=O)C1)N1CCCO1. The second-order valence-corrected chi connectivity index (χ2v) is 5.96. The van der Waals surface area contributed by atoms with Gasteiger partial charge in [0.05, 0.1) is 30.6 Å². The molecule has 1 atom stereocenters. The molecule has 0 bridgehead atoms. The largest absolute Gasteiger partial charge is 0.272 e. The highest BCUT2D eigenvalue weighted by Gasteiger charge is 2.36. The fraction of sp³-hybridized carbons (Fsp3) is 0.875. The molecule has 0 radical (unpaired) electrons. The molecule has 2 rings (SSSR count). The Morgan fingerprint density at radius 1 is 1.43 bits per heavy atom. The average Bonchev–Trinajstić information content (AvgIpc) is 2.72. The van der Waals surface area contributed by atoms with Crippen LogP contribution in [0.2, 0.25) is 0 Å². The van der Waals surface area contributed by atoms with Crippen molar-refractivity contribution in [1.29, 1.82) is 0 Å². The summed E-state index contributed by atoms with van der Waals surface area (Å²) in [4.78, 5) is 16.8. The van der Waals surface area contributed by atoms with Crippen LogP contribution in [0.3, 0.4) is 0 Å². The van der Waals surface area contributed by atoms with Crippen molar-refractivity contribution in [2.24, 2.45) is 5.92 Å². The summed E-state index contributed by atoms with van der Waals surface area (Å²) in [6, 6.07) is 0. The predicted octanol–water partition coefficient (Wildman–Crippen LogP) is -0.415. The molecule has 14 heavy (non-hydrogen) atoms. The fourth-order valence-electron chi connectivity index (χ4n) is 1.81. The van der Waals surface area contributed by atoms with Crippen molar-refractivity contribution in [3.8, 4) is 0 Å². The first-order chi connectivity index (χ1) is 6.58. The van der Waals surface area contributed by atoms with Crippen LogP contribution in [0.5, 0.6) is 0 Å². The van der Waals surface area contributed by atoms with Crippen molar-refractivity contribution in [1.82, 2.24) is 5.06 Å². The second kappa shape index (κ2) is 3.51. The Kier molecular flexibility index (Phi) is 2.48. The van der Waals surface area contributed by atoms with Crippen LogP contribution in [0, 0.1) is 5.92 Å². The minimum absolute atomic E-state index is 0.00824. The van der Waals surface area contributed by atoms with E-state index >= 15 is 0 Å². The van der Waals surface area contributed by atoms with E-state index in [4.69, 9.17) is 4.84 Å². The quantitative estimate of drug-likeness (QED) is 0.601. The first-order valence-corrected chi connectivity index (χ1v) is 6.55. The Labute approximate surface area is 82.9 Å². The first-order valence-electron chi connectivity index (χ1n) is 4.73. The van der Waals surface area contributed by atoms with Crippen molar-refractivity contribution in [3.05, 3.63) is 0 Å². The molecule has 2 saturated heterocycles. The number of hydroxylamine groups is 2. The van der Waals surface area contributed by atoms with Gasteiger partial charge in [0.15, 0.2) is 9.84 Å². The fourth-order valence-corrected chi connectivity index (χ4v) is 3.55. The Balaban J connectivity index is 1.99. The monoisotopic (exact) mass is 219 g/mol. The minimum Gasteiger partial charge on any atom is -0.272 e. The Morgan fingerprint density at radius 2 is 2.21 bits per heavy atom. The maximum Gasteiger partial charge on any atom is 0.250 e. The predicted molar refractivity (Wildman–Crippen MR) is 49.0 cm³/mol. The molecule has 1 amide bonds. The number of rotatable bonds is 1. The summed E-state index contributed by atoms with van der Waals surface area (Å²) in [6.07, 6.45) is 1.28. The summed E-state index contributed by atoms with van der Waals surface area (Å²) in [6.45, 7) is 1.15. The van der Waals surface area contributed by atoms with Gasteiger partial charge < -0.3 is 0 Å². The number of amides is 1. The highest BCUT2D eigenvalue weighted by molar-refractivity contribution is 7.91. The zero-order valence-electron chi connectivity index (χ0n) is 7.81. The molecule has 0 saturated carbocycles. The third-order valence-electron chi connectivity index (χ3n) is 2.58. The van der Waals surface area contributed by atoms with E-state index < -0.39 is 9.84 Å². The van der Waals surface area contributed by atoms with E-state index in [0.29, 0.717) is 19.6 Å². The Bertz CT molecular complexity index is 331. The third kappa shape index (κ3) is 1.90. The Morgan fingerprint density at radius 3 is 2.71 bits per heavy atom. The number of sulfone groups is 1. The summed E-state index contributed by atoms with van der Waals surface area (Å²) in [5.74, 6) is -0.412. The molecule has 1 unspecified atom stereocenters. The van der Waals surface area contributed by atoms with Crippen molar-refractivity contribution in [2.45, 2.75) is 12.8 Å². The molecular formula is C8H13NO4S. The number of hydrogen-bond acceptors (Lipinski definition) is 4. The van der Waals surface area contributed by atoms with Gasteiger partial charge in [-0.2, -0.15) is 0 Å². The van der Waals surface area contributed by atoms with Crippen molar-refractivity contribution in [2.75, 3.05) is 24.7 Å². The molecule has 2 aliphatic rings. The lowest BCUT2D eigenvalue weighted by Gasteiger charge is -2.16. The zero-order valence-corrected chi connectivity index (χ0v) is 8.62. The lowest BCUT2D eigenvalue weighted by atomic mass is 10.1. The van der Waals surface area contributed by atoms with Crippen molar-refractivity contribution >= 4 is 15.7 Å². The summed E-state index contributed by atoms with van der Waals surface area (Å²) < 4.78 is 22.3. The van der Waals surface area contributed by atoms with Gasteiger partial charge in [0, 0.05) is 0 Å². The van der Waals surface area contributed by atoms with Crippen LogP contribution in [0.25, 0.3) is 0 Å². The molecule has 0 aliphatic carbocycles. The van der Waals surface area contributed by atoms with Crippen LogP contribution in [0.15, 0.2) is 0 Å². The maximum absolute atomic E-state index is 11.7. The Hall–Kier alpha value is -0.620. The molecule has 5 nitrogen and oxygen atoms in total. The average molecular weight is 219 g/mol. The highest BCUT2D eigenvalue weighted by atomic mass is 32.2. The molecule has 0 aromatic rings. The smallest absolute Gasteiger partial charge is 0.250 e. The van der Waals surface area contributed by atoms with Gasteiger partial charge in [-0.15, -0.1) is 0 Å². The lowest BCUT2D eigenvalue weighted by molar-refractivity contribution is -0.172. The van der Waals surface area contributed by atoms with E-state index in [1.807, 2.05) is 0 Å². The molecule has 80 valence electrons. The summed E-state index contributed by atoms with van der Waals surface area (Å²) in [5, 5.41) is 1.31. The van der Waals surface area contributed by atoms with E-state index in [9.17, 15) is 13.2 Å². The number of carbonyl (C=O) groups excluding carboxylic acids is 1. The molecule has 0 aromatic heterocycles. The number of nitrogens with zero attached hydrogens (tertiary/aromatic N) is 1. The van der Waals surface area contributed by atoms with Crippen LogP contribution in [0.4, 0.5) is 0 Å². The van der Waals surface area contributed by atoms with Gasteiger partial charge in [-0.25, -0.2) is 13.5 Å². The summed E-state index contributed by atoms with van der Waals surface area (Å²) in [5.41, 5.74) is 0. The standard InChI is InChI=1S/C8H13NO4S/c10-8(9-3-1-4-13-9)7-2-5-14(11,12)6-7/h7H,1-6H2. The molecule has 0 N–H and O–H groups in total. The second-order valence-electron chi connectivity index (χ2n) is 3.73. The topological polar surface area (TPSA) is 63.7 Å². The molecular weight excluding hydrogens is 206 g/mol. The highest BCUT2D eigenvalue weighted by Crippen LogP contribution is 2.22. The van der Waals surface area contributed by atoms with Gasteiger partial charge in [-0.1, -0.05) is 0 Å². The lowest BCUT2D eigenvalue weighted by Crippen LogP contribution is -2.33. The van der Waals surface area contributed by atoms with E-state index in [1.54, 1.807) is 0 Å². The van der Waals surface area contributed by atoms with Crippen molar-refractivity contribution in [3.63, 3.8) is 0 Å². The molecule has 2 aliphatic heterocycles. The van der Waals surface area contributed by atoms with Crippen LogP contribution in [-0.2, 0) is 19.5 Å². The van der Waals surface area contributed by atoms with Gasteiger partial charge in [0.1, 0.15) is 0 Å². The van der Waals surface area contributed by atoms with Gasteiger partial charge in [-0.05, 0) is 12.8 Å². The third-order valence-corrected chi connectivity index (χ3v) is 4.35. The molecule has 6 heteroatoms. The first kappa shape index (κ1) is 9.92. The van der Waals surface area contributed by atoms with Crippen LogP contribution in [0.1, 0.15) is 12.8 Å². The molecule has 0 spiro atoms. The summed E-state index contributed by atoms with van der Waals surface area (Å²) in [7, 11) is -2.97. The van der Waals surface area contributed by atoms with Gasteiger partial charge >= 0.3 is 0 Å². The van der Waals surface area contributed by atoms with Crippen LogP contribution < -0.4 is 0 Å². The zero-order chi connectivity index (χ0) is 10.2. The molecule has 0 aromatic carbocycles. The van der Waals surface area contributed by atoms with E-state index in [0.717, 1.165) is 6.42 Å². The van der Waals surface area contributed by atoms with Gasteiger partial charge in [0.25, 0.3) is 0 Å². The van der Waals surface area contributed by atoms with E-state index in [1.165, 1.54) is 5.06 Å². The van der Waals surface area contributed by atoms with Gasteiger partial charge in [0.2, 0.25) is 5.91 Å². The van der Waals surface area contributed by atoms with Crippen molar-refractivity contribution < 1.29 is 18.0 Å². The summed E-state index contributed by atoms with van der Waals surface area (Å²) >= 11 is 0. The number of carbonyl (C=O) groups is 1. The maximum atomic E-state index is 11.7.